The van der Waals surface area contributed by atoms with Crippen LogP contribution in [-0.4, -0.2) is 35.9 Å². The minimum Gasteiger partial charge on any atom is -0.461 e. The number of hydrogen-bond acceptors (Lipinski definition) is 6. The van der Waals surface area contributed by atoms with Crippen LogP contribution >= 0.6 is 27.3 Å². The second kappa shape index (κ2) is 7.76. The van der Waals surface area contributed by atoms with Crippen molar-refractivity contribution >= 4 is 45.0 Å². The van der Waals surface area contributed by atoms with E-state index in [9.17, 15) is 14.4 Å². The first-order valence-corrected chi connectivity index (χ1v) is 8.78. The van der Waals surface area contributed by atoms with E-state index in [-0.39, 0.29) is 30.3 Å². The van der Waals surface area contributed by atoms with Crippen molar-refractivity contribution in [2.45, 2.75) is 20.8 Å². The maximum atomic E-state index is 12.3. The number of ether oxygens (including phenoxy) is 2. The molecule has 0 aliphatic heterocycles. The molecule has 8 heteroatoms. The van der Waals surface area contributed by atoms with Gasteiger partial charge in [-0.2, -0.15) is 0 Å². The molecule has 128 valence electrons. The maximum absolute atomic E-state index is 12.3. The van der Waals surface area contributed by atoms with Gasteiger partial charge < -0.3 is 14.5 Å². The number of thiophene rings is 1. The number of nitrogens with one attached hydrogen (secondary N) is 1. The molecule has 24 heavy (non-hydrogen) atoms. The molecule has 0 fully saturated rings. The van der Waals surface area contributed by atoms with Gasteiger partial charge >= 0.3 is 11.9 Å². The molecule has 0 saturated carbocycles. The number of ketones is 1. The number of H-pyrrole nitrogens is 1. The largest absolute Gasteiger partial charge is 0.461 e. The van der Waals surface area contributed by atoms with E-state index in [1.165, 1.54) is 11.3 Å². The van der Waals surface area contributed by atoms with Crippen LogP contribution in [0.1, 0.15) is 48.7 Å². The van der Waals surface area contributed by atoms with Gasteiger partial charge in [0.25, 0.3) is 0 Å². The van der Waals surface area contributed by atoms with Gasteiger partial charge in [0.1, 0.15) is 5.69 Å². The fraction of sp³-hybridized carbons (Fsp3) is 0.312. The lowest BCUT2D eigenvalue weighted by Crippen LogP contribution is -2.14. The smallest absolute Gasteiger partial charge is 0.355 e. The van der Waals surface area contributed by atoms with Gasteiger partial charge in [0, 0.05) is 5.69 Å². The van der Waals surface area contributed by atoms with Gasteiger partial charge in [-0.25, -0.2) is 9.59 Å². The zero-order chi connectivity index (χ0) is 17.9. The van der Waals surface area contributed by atoms with Gasteiger partial charge in [-0.05, 0) is 54.4 Å². The number of carbonyl (C=O) groups excluding carboxylic acids is 3. The van der Waals surface area contributed by atoms with Crippen LogP contribution in [-0.2, 0) is 9.47 Å². The number of aryl methyl sites for hydroxylation is 1. The van der Waals surface area contributed by atoms with Gasteiger partial charge in [-0.15, -0.1) is 11.3 Å². The molecule has 0 amide bonds. The van der Waals surface area contributed by atoms with Crippen LogP contribution in [0.3, 0.4) is 0 Å². The number of rotatable bonds is 6. The quantitative estimate of drug-likeness (QED) is 0.576. The minimum atomic E-state index is -0.652. The van der Waals surface area contributed by atoms with Gasteiger partial charge in [0.2, 0.25) is 5.78 Å². The Morgan fingerprint density at radius 2 is 1.88 bits per heavy atom. The second-order valence-electron chi connectivity index (χ2n) is 4.95. The van der Waals surface area contributed by atoms with Gasteiger partial charge in [-0.1, -0.05) is 0 Å². The van der Waals surface area contributed by atoms with Crippen LogP contribution in [0, 0.1) is 13.8 Å². The van der Waals surface area contributed by atoms with Gasteiger partial charge in [-0.3, -0.25) is 4.79 Å². The first-order valence-electron chi connectivity index (χ1n) is 7.17. The molecule has 0 bridgehead atoms. The predicted octanol–water partition coefficient (Wildman–Crippen LogP) is 3.67. The van der Waals surface area contributed by atoms with E-state index in [4.69, 9.17) is 9.47 Å². The molecule has 2 rings (SSSR count). The summed E-state index contributed by atoms with van der Waals surface area (Å²) in [6, 6.07) is 3.42. The van der Waals surface area contributed by atoms with Crippen LogP contribution in [0.4, 0.5) is 0 Å². The molecular weight excluding hydrogens is 398 g/mol. The Bertz CT molecular complexity index is 792. The Kier molecular flexibility index (Phi) is 5.95. The van der Waals surface area contributed by atoms with Crippen LogP contribution in [0.15, 0.2) is 15.9 Å². The molecule has 0 unspecified atom stereocenters. The highest BCUT2D eigenvalue weighted by Crippen LogP contribution is 2.23. The second-order valence-corrected chi connectivity index (χ2v) is 7.41. The SMILES string of the molecule is CCOC(=O)c1[nH]c(C)c(C(=O)OCC(=O)c2ccc(Br)s2)c1C. The topological polar surface area (TPSA) is 85.5 Å². The van der Waals surface area contributed by atoms with Crippen LogP contribution < -0.4 is 0 Å². The summed E-state index contributed by atoms with van der Waals surface area (Å²) in [5, 5.41) is 0. The molecule has 0 aliphatic carbocycles. The number of esters is 2. The molecule has 2 aromatic heterocycles. The standard InChI is InChI=1S/C16H16BrNO5S/c1-4-22-16(21)14-8(2)13(9(3)18-14)15(20)23-7-10(19)11-5-6-12(17)24-11/h5-6,18H,4,7H2,1-3H3. The van der Waals surface area contributed by atoms with E-state index in [1.54, 1.807) is 32.9 Å². The van der Waals surface area contributed by atoms with E-state index >= 15 is 0 Å². The van der Waals surface area contributed by atoms with Crippen LogP contribution in [0.25, 0.3) is 0 Å². The summed E-state index contributed by atoms with van der Waals surface area (Å²) >= 11 is 4.55. The summed E-state index contributed by atoms with van der Waals surface area (Å²) in [5.74, 6) is -1.46. The van der Waals surface area contributed by atoms with Crippen molar-refractivity contribution in [1.82, 2.24) is 4.98 Å². The molecular formula is C16H16BrNO5S. The summed E-state index contributed by atoms with van der Waals surface area (Å²) in [7, 11) is 0. The third-order valence-corrected chi connectivity index (χ3v) is 4.97. The molecule has 2 aromatic rings. The maximum Gasteiger partial charge on any atom is 0.355 e. The molecule has 0 radical (unpaired) electrons. The average Bonchev–Trinajstić information content (AvgIpc) is 3.08. The van der Waals surface area contributed by atoms with E-state index in [2.05, 4.69) is 20.9 Å². The lowest BCUT2D eigenvalue weighted by atomic mass is 10.1. The average molecular weight is 414 g/mol. The highest BCUT2D eigenvalue weighted by Gasteiger charge is 2.24. The number of Topliss-reactive ketones (excluding diaryl/α,β-unsaturated/α-hetero) is 1. The number of aromatic amines is 1. The Hall–Kier alpha value is -1.93. The van der Waals surface area contributed by atoms with Crippen molar-refractivity contribution in [1.29, 1.82) is 0 Å². The summed E-state index contributed by atoms with van der Waals surface area (Å²) in [6.45, 7) is 4.87. The van der Waals surface area contributed by atoms with Crippen molar-refractivity contribution in [3.8, 4) is 0 Å². The van der Waals surface area contributed by atoms with Crippen molar-refractivity contribution in [3.05, 3.63) is 43.3 Å². The third kappa shape index (κ3) is 3.93. The Labute approximate surface area is 151 Å². The summed E-state index contributed by atoms with van der Waals surface area (Å²) < 4.78 is 10.9. The van der Waals surface area contributed by atoms with E-state index in [0.717, 1.165) is 3.79 Å². The van der Waals surface area contributed by atoms with E-state index in [0.29, 0.717) is 16.1 Å². The zero-order valence-corrected chi connectivity index (χ0v) is 15.8. The van der Waals surface area contributed by atoms with Crippen molar-refractivity contribution in [2.75, 3.05) is 13.2 Å². The first-order chi connectivity index (χ1) is 11.3. The number of aromatic nitrogens is 1. The molecule has 6 nitrogen and oxygen atoms in total. The highest BCUT2D eigenvalue weighted by atomic mass is 79.9. The van der Waals surface area contributed by atoms with E-state index < -0.39 is 11.9 Å². The molecule has 0 aliphatic rings. The third-order valence-electron chi connectivity index (χ3n) is 3.30. The Morgan fingerprint density at radius 3 is 2.46 bits per heavy atom. The summed E-state index contributed by atoms with van der Waals surface area (Å²) in [4.78, 5) is 39.4. The summed E-state index contributed by atoms with van der Waals surface area (Å²) in [5.41, 5.74) is 1.40. The lowest BCUT2D eigenvalue weighted by molar-refractivity contribution is 0.0474. The van der Waals surface area contributed by atoms with Crippen LogP contribution in [0.5, 0.6) is 0 Å². The monoisotopic (exact) mass is 413 g/mol. The molecule has 2 heterocycles. The first kappa shape index (κ1) is 18.4. The molecule has 1 N–H and O–H groups in total. The highest BCUT2D eigenvalue weighted by molar-refractivity contribution is 9.11. The molecule has 0 aromatic carbocycles. The number of carbonyl (C=O) groups is 3. The van der Waals surface area contributed by atoms with Crippen molar-refractivity contribution in [3.63, 3.8) is 0 Å². The Morgan fingerprint density at radius 1 is 1.17 bits per heavy atom. The van der Waals surface area contributed by atoms with Gasteiger partial charge in [0.05, 0.1) is 20.8 Å². The zero-order valence-electron chi connectivity index (χ0n) is 13.4. The minimum absolute atomic E-state index is 0.217. The van der Waals surface area contributed by atoms with Crippen molar-refractivity contribution < 1.29 is 23.9 Å². The van der Waals surface area contributed by atoms with E-state index in [1.807, 2.05) is 0 Å². The summed E-state index contributed by atoms with van der Waals surface area (Å²) in [6.07, 6.45) is 0. The van der Waals surface area contributed by atoms with Crippen molar-refractivity contribution in [2.24, 2.45) is 0 Å². The van der Waals surface area contributed by atoms with Gasteiger partial charge in [0.15, 0.2) is 6.61 Å². The lowest BCUT2D eigenvalue weighted by Gasteiger charge is -2.04. The number of halogens is 1. The number of hydrogen-bond donors (Lipinski definition) is 1. The molecule has 0 saturated heterocycles. The fourth-order valence-corrected chi connectivity index (χ4v) is 3.51. The normalized spacial score (nSPS) is 10.5. The fourth-order valence-electron chi connectivity index (χ4n) is 2.20. The molecule has 0 spiro atoms. The van der Waals surface area contributed by atoms with Crippen LogP contribution in [0.2, 0.25) is 0 Å². The molecule has 0 atom stereocenters. The predicted molar refractivity (Wildman–Crippen MR) is 92.9 cm³/mol. The Balaban J connectivity index is 2.10.